The molecule has 0 saturated carbocycles. The van der Waals surface area contributed by atoms with Gasteiger partial charge in [0, 0.05) is 18.2 Å². The number of carbonyl (C=O) groups is 1. The number of aliphatic hydroxyl groups excluding tert-OH is 4. The molecular formula is C29H36O15. The molecule has 4 rings (SSSR count). The molecule has 0 unspecified atom stereocenters. The van der Waals surface area contributed by atoms with Crippen molar-refractivity contribution in [1.82, 2.24) is 0 Å². The Kier molecular flexibility index (Phi) is 10.9. The summed E-state index contributed by atoms with van der Waals surface area (Å²) in [5.41, 5.74) is -1.39. The second kappa shape index (κ2) is 14.4. The smallest absolute Gasteiger partial charge is 0.330 e. The van der Waals surface area contributed by atoms with Crippen LogP contribution in [0, 0.1) is 0 Å². The number of phenols is 1. The molecule has 2 aromatic carbocycles. The van der Waals surface area contributed by atoms with Gasteiger partial charge >= 0.3 is 5.97 Å². The van der Waals surface area contributed by atoms with Gasteiger partial charge in [-0.1, -0.05) is 12.1 Å². The lowest BCUT2D eigenvalue weighted by Gasteiger charge is -2.40. The van der Waals surface area contributed by atoms with E-state index in [0.717, 1.165) is 6.08 Å². The van der Waals surface area contributed by atoms with Gasteiger partial charge in [0.2, 0.25) is 12.0 Å². The van der Waals surface area contributed by atoms with Crippen molar-refractivity contribution in [2.45, 2.75) is 48.7 Å². The number of hydrogen-bond donors (Lipinski definition) is 6. The summed E-state index contributed by atoms with van der Waals surface area (Å²) in [5.74, 6) is 0.204. The van der Waals surface area contributed by atoms with E-state index in [2.05, 4.69) is 0 Å². The van der Waals surface area contributed by atoms with Gasteiger partial charge in [0.05, 0.1) is 34.5 Å². The Hall–Kier alpha value is -3.67. The Labute approximate surface area is 252 Å². The molecule has 44 heavy (non-hydrogen) atoms. The molecule has 2 aromatic rings. The van der Waals surface area contributed by atoms with Gasteiger partial charge in [-0.05, 0) is 23.8 Å². The maximum Gasteiger partial charge on any atom is 0.330 e. The summed E-state index contributed by atoms with van der Waals surface area (Å²) in [6, 6.07) is 8.95. The zero-order valence-corrected chi connectivity index (χ0v) is 24.1. The van der Waals surface area contributed by atoms with E-state index in [-0.39, 0.29) is 23.0 Å². The molecule has 2 saturated heterocycles. The number of rotatable bonds is 12. The molecule has 15 heteroatoms. The van der Waals surface area contributed by atoms with Crippen LogP contribution in [-0.2, 0) is 23.7 Å². The quantitative estimate of drug-likeness (QED) is 0.128. The molecule has 0 radical (unpaired) electrons. The number of hydrogen-bond acceptors (Lipinski definition) is 15. The number of benzene rings is 2. The third-order valence-electron chi connectivity index (χ3n) is 7.06. The van der Waals surface area contributed by atoms with Gasteiger partial charge in [0.15, 0.2) is 23.4 Å². The lowest BCUT2D eigenvalue weighted by Crippen LogP contribution is -2.60. The standard InChI is InChI=1S/C29H36O15/c1-37-18-10-17(11-19(38-2)25(18)39-3)43-27-24(34)23(33)22(32)20(44-27)12-40-28-26(35)29(36,14-42-28)13-41-21(31)9-6-15-4-7-16(30)8-5-15/h4-11,20,22-24,26-28,30,32-36H,12-14H2,1-3H3/t20-,22-,23+,24-,26+,27-,28-,29-/m1/s1. The van der Waals surface area contributed by atoms with E-state index >= 15 is 0 Å². The molecule has 6 N–H and O–H groups in total. The van der Waals surface area contributed by atoms with Crippen molar-refractivity contribution in [1.29, 1.82) is 0 Å². The van der Waals surface area contributed by atoms with Gasteiger partial charge in [-0.2, -0.15) is 0 Å². The molecule has 242 valence electrons. The summed E-state index contributed by atoms with van der Waals surface area (Å²) in [6.07, 6.45) is -8.27. The number of ether oxygens (including phenoxy) is 8. The molecule has 0 amide bonds. The van der Waals surface area contributed by atoms with E-state index in [1.54, 1.807) is 12.1 Å². The van der Waals surface area contributed by atoms with Crippen LogP contribution in [0.2, 0.25) is 0 Å². The largest absolute Gasteiger partial charge is 0.508 e. The second-order valence-electron chi connectivity index (χ2n) is 10.1. The van der Waals surface area contributed by atoms with Crippen molar-refractivity contribution in [3.8, 4) is 28.7 Å². The number of esters is 1. The summed E-state index contributed by atoms with van der Waals surface area (Å²) < 4.78 is 43.2. The molecule has 2 heterocycles. The van der Waals surface area contributed by atoms with Crippen molar-refractivity contribution < 1.29 is 73.3 Å². The summed E-state index contributed by atoms with van der Waals surface area (Å²) in [5, 5.41) is 62.2. The van der Waals surface area contributed by atoms with E-state index < -0.39 is 74.5 Å². The highest BCUT2D eigenvalue weighted by molar-refractivity contribution is 5.87. The highest BCUT2D eigenvalue weighted by atomic mass is 16.7. The van der Waals surface area contributed by atoms with Crippen LogP contribution in [0.25, 0.3) is 6.08 Å². The SMILES string of the molecule is COc1cc(O[C@@H]2O[C@H](CO[C@@H]3OC[C@](O)(COC(=O)C=Cc4ccc(O)cc4)[C@H]3O)[C@@H](O)[C@H](O)[C@H]2O)cc(OC)c1OC. The van der Waals surface area contributed by atoms with E-state index in [1.165, 1.54) is 51.7 Å². The van der Waals surface area contributed by atoms with Crippen molar-refractivity contribution in [2.75, 3.05) is 41.2 Å². The van der Waals surface area contributed by atoms with E-state index in [1.807, 2.05) is 0 Å². The molecule has 0 bridgehead atoms. The fourth-order valence-corrected chi connectivity index (χ4v) is 4.52. The first-order valence-corrected chi connectivity index (χ1v) is 13.4. The minimum Gasteiger partial charge on any atom is -0.508 e. The number of aromatic hydroxyl groups is 1. The topological polar surface area (TPSA) is 212 Å². The maximum atomic E-state index is 12.1. The Morgan fingerprint density at radius 2 is 1.61 bits per heavy atom. The normalized spacial score (nSPS) is 30.2. The lowest BCUT2D eigenvalue weighted by atomic mass is 9.99. The number of aliphatic hydroxyl groups is 5. The zero-order valence-electron chi connectivity index (χ0n) is 24.1. The van der Waals surface area contributed by atoms with Crippen LogP contribution in [0.4, 0.5) is 0 Å². The van der Waals surface area contributed by atoms with E-state index in [4.69, 9.17) is 37.9 Å². The fraction of sp³-hybridized carbons (Fsp3) is 0.483. The molecule has 8 atom stereocenters. The average molecular weight is 625 g/mol. The number of carbonyl (C=O) groups excluding carboxylic acids is 1. The van der Waals surface area contributed by atoms with Gasteiger partial charge in [0.25, 0.3) is 0 Å². The summed E-state index contributed by atoms with van der Waals surface area (Å²) in [4.78, 5) is 12.1. The second-order valence-corrected chi connectivity index (χ2v) is 10.1. The minimum atomic E-state index is -2.01. The minimum absolute atomic E-state index is 0.0704. The van der Waals surface area contributed by atoms with Crippen LogP contribution < -0.4 is 18.9 Å². The van der Waals surface area contributed by atoms with Crippen LogP contribution in [0.1, 0.15) is 5.56 Å². The van der Waals surface area contributed by atoms with Crippen LogP contribution in [0.15, 0.2) is 42.5 Å². The summed E-state index contributed by atoms with van der Waals surface area (Å²) in [6.45, 7) is -1.53. The first kappa shape index (κ1) is 33.2. The van der Waals surface area contributed by atoms with E-state index in [9.17, 15) is 35.4 Å². The molecule has 2 fully saturated rings. The molecule has 2 aliphatic heterocycles. The molecule has 0 aliphatic carbocycles. The third-order valence-corrected chi connectivity index (χ3v) is 7.06. The average Bonchev–Trinajstić information content (AvgIpc) is 3.31. The van der Waals surface area contributed by atoms with E-state index in [0.29, 0.717) is 11.3 Å². The van der Waals surface area contributed by atoms with Crippen molar-refractivity contribution in [3.63, 3.8) is 0 Å². The van der Waals surface area contributed by atoms with Gasteiger partial charge in [-0.25, -0.2) is 4.79 Å². The Morgan fingerprint density at radius 1 is 0.955 bits per heavy atom. The highest BCUT2D eigenvalue weighted by Crippen LogP contribution is 2.41. The van der Waals surface area contributed by atoms with Gasteiger partial charge in [0.1, 0.15) is 48.6 Å². The molecule has 15 nitrogen and oxygen atoms in total. The van der Waals surface area contributed by atoms with Crippen LogP contribution in [0.3, 0.4) is 0 Å². The van der Waals surface area contributed by atoms with Crippen LogP contribution in [-0.4, -0.2) is 126 Å². The van der Waals surface area contributed by atoms with Crippen molar-refractivity contribution >= 4 is 12.0 Å². The fourth-order valence-electron chi connectivity index (χ4n) is 4.52. The first-order chi connectivity index (χ1) is 21.0. The predicted molar refractivity (Wildman–Crippen MR) is 148 cm³/mol. The zero-order chi connectivity index (χ0) is 32.0. The highest BCUT2D eigenvalue weighted by Gasteiger charge is 2.51. The lowest BCUT2D eigenvalue weighted by molar-refractivity contribution is -0.289. The Morgan fingerprint density at radius 3 is 2.23 bits per heavy atom. The number of methoxy groups -OCH3 is 3. The van der Waals surface area contributed by atoms with Gasteiger partial charge < -0.3 is 68.5 Å². The van der Waals surface area contributed by atoms with Crippen molar-refractivity contribution in [3.05, 3.63) is 48.0 Å². The van der Waals surface area contributed by atoms with Gasteiger partial charge in [-0.3, -0.25) is 0 Å². The molecule has 0 aromatic heterocycles. The molecule has 2 aliphatic rings. The van der Waals surface area contributed by atoms with Gasteiger partial charge in [-0.15, -0.1) is 0 Å². The molecular weight excluding hydrogens is 588 g/mol. The molecule has 0 spiro atoms. The van der Waals surface area contributed by atoms with Crippen LogP contribution >= 0.6 is 0 Å². The predicted octanol–water partition coefficient (Wildman–Crippen LogP) is -0.674. The summed E-state index contributed by atoms with van der Waals surface area (Å²) >= 11 is 0. The Bertz CT molecular complexity index is 1260. The number of phenolic OH excluding ortho intramolecular Hbond substituents is 1. The summed E-state index contributed by atoms with van der Waals surface area (Å²) in [7, 11) is 4.23. The van der Waals surface area contributed by atoms with Crippen molar-refractivity contribution in [2.24, 2.45) is 0 Å². The third kappa shape index (κ3) is 7.51. The Balaban J connectivity index is 1.33. The monoisotopic (exact) mass is 624 g/mol. The first-order valence-electron chi connectivity index (χ1n) is 13.4. The maximum absolute atomic E-state index is 12.1. The van der Waals surface area contributed by atoms with Crippen LogP contribution in [0.5, 0.6) is 28.7 Å².